The molecule has 1 N–H and O–H groups in total. The fourth-order valence-electron chi connectivity index (χ4n) is 3.72. The number of ether oxygens (including phenoxy) is 2. The van der Waals surface area contributed by atoms with Gasteiger partial charge in [-0.25, -0.2) is 4.79 Å². The van der Waals surface area contributed by atoms with Gasteiger partial charge in [-0.1, -0.05) is 76.0 Å². The summed E-state index contributed by atoms with van der Waals surface area (Å²) in [6.07, 6.45) is 9.91. The van der Waals surface area contributed by atoms with Crippen molar-refractivity contribution in [2.45, 2.75) is 84.3 Å². The van der Waals surface area contributed by atoms with Crippen LogP contribution in [0.1, 0.15) is 77.7 Å². The van der Waals surface area contributed by atoms with Gasteiger partial charge < -0.3 is 14.6 Å². The number of benzene rings is 1. The zero-order valence-corrected chi connectivity index (χ0v) is 21.6. The minimum atomic E-state index is -1.04. The van der Waals surface area contributed by atoms with E-state index in [2.05, 4.69) is 13.8 Å². The third-order valence-electron chi connectivity index (χ3n) is 5.51. The molecule has 1 amide bonds. The molecule has 0 saturated carbocycles. The lowest BCUT2D eigenvalue weighted by Crippen LogP contribution is -2.43. The Labute approximate surface area is 206 Å². The number of carbonyl (C=O) groups is 2. The van der Waals surface area contributed by atoms with Crippen molar-refractivity contribution in [2.24, 2.45) is 0 Å². The molecule has 0 aliphatic carbocycles. The monoisotopic (exact) mass is 493 g/mol. The summed E-state index contributed by atoms with van der Waals surface area (Å²) in [6.45, 7) is 6.16. The van der Waals surface area contributed by atoms with E-state index in [-0.39, 0.29) is 16.3 Å². The van der Waals surface area contributed by atoms with Crippen LogP contribution in [0.25, 0.3) is 6.08 Å². The van der Waals surface area contributed by atoms with E-state index >= 15 is 0 Å². The molecule has 0 unspecified atom stereocenters. The molecule has 1 aromatic carbocycles. The zero-order valence-electron chi connectivity index (χ0n) is 20.0. The normalized spacial score (nSPS) is 16.8. The molecule has 1 saturated heterocycles. The van der Waals surface area contributed by atoms with Gasteiger partial charge in [0.25, 0.3) is 5.91 Å². The van der Waals surface area contributed by atoms with Gasteiger partial charge in [0.1, 0.15) is 10.4 Å². The van der Waals surface area contributed by atoms with Crippen LogP contribution in [0.15, 0.2) is 23.1 Å². The van der Waals surface area contributed by atoms with Crippen LogP contribution in [0.2, 0.25) is 0 Å². The van der Waals surface area contributed by atoms with Crippen molar-refractivity contribution >= 4 is 46.3 Å². The van der Waals surface area contributed by atoms with Crippen molar-refractivity contribution in [1.29, 1.82) is 0 Å². The van der Waals surface area contributed by atoms with Crippen LogP contribution < -0.4 is 9.47 Å². The van der Waals surface area contributed by atoms with Gasteiger partial charge in [0.15, 0.2) is 11.5 Å². The average Bonchev–Trinajstić information content (AvgIpc) is 3.05. The van der Waals surface area contributed by atoms with Gasteiger partial charge >= 0.3 is 5.97 Å². The highest BCUT2D eigenvalue weighted by Crippen LogP contribution is 2.36. The van der Waals surface area contributed by atoms with Gasteiger partial charge in [0.05, 0.1) is 18.1 Å². The first-order valence-corrected chi connectivity index (χ1v) is 12.9. The Hall–Kier alpha value is -2.06. The maximum atomic E-state index is 12.9. The lowest BCUT2D eigenvalue weighted by molar-refractivity contribution is -0.145. The van der Waals surface area contributed by atoms with E-state index in [9.17, 15) is 14.7 Å². The van der Waals surface area contributed by atoms with E-state index < -0.39 is 12.0 Å². The van der Waals surface area contributed by atoms with Crippen molar-refractivity contribution in [3.05, 3.63) is 28.7 Å². The highest BCUT2D eigenvalue weighted by molar-refractivity contribution is 8.26. The first kappa shape index (κ1) is 27.2. The van der Waals surface area contributed by atoms with Crippen LogP contribution in [0.3, 0.4) is 0 Å². The van der Waals surface area contributed by atoms with Gasteiger partial charge in [0.2, 0.25) is 0 Å². The number of amides is 1. The van der Waals surface area contributed by atoms with Crippen LogP contribution in [0.4, 0.5) is 0 Å². The second kappa shape index (κ2) is 13.6. The fraction of sp³-hybridized carbons (Fsp3) is 0.560. The van der Waals surface area contributed by atoms with E-state index in [4.69, 9.17) is 21.7 Å². The Morgan fingerprint density at radius 2 is 1.88 bits per heavy atom. The van der Waals surface area contributed by atoms with E-state index in [0.717, 1.165) is 30.2 Å². The molecule has 2 rings (SSSR count). The van der Waals surface area contributed by atoms with Crippen molar-refractivity contribution < 1.29 is 24.2 Å². The van der Waals surface area contributed by atoms with Crippen molar-refractivity contribution in [2.75, 3.05) is 7.11 Å². The maximum Gasteiger partial charge on any atom is 0.326 e. The zero-order chi connectivity index (χ0) is 24.4. The van der Waals surface area contributed by atoms with Crippen LogP contribution >= 0.6 is 24.0 Å². The van der Waals surface area contributed by atoms with Crippen molar-refractivity contribution in [3.63, 3.8) is 0 Å². The number of carbonyl (C=O) groups excluding carboxylic acids is 1. The summed E-state index contributed by atoms with van der Waals surface area (Å²) >= 11 is 6.44. The largest absolute Gasteiger partial charge is 0.493 e. The number of nitrogens with zero attached hydrogens (tertiary/aromatic N) is 1. The first-order valence-electron chi connectivity index (χ1n) is 11.7. The lowest BCUT2D eigenvalue weighted by atomic mass is 10.1. The van der Waals surface area contributed by atoms with Gasteiger partial charge in [-0.15, -0.1) is 0 Å². The average molecular weight is 494 g/mol. The van der Waals surface area contributed by atoms with Crippen LogP contribution in [0, 0.1) is 0 Å². The number of aliphatic carboxylic acids is 1. The molecule has 6 nitrogen and oxygen atoms in total. The SMILES string of the molecule is CCCCCCC[C@H](C)Oc1ccc(/C=C2/SC(=S)N([C@@H](CCC)C(=O)O)C2=O)cc1OC. The van der Waals surface area contributed by atoms with E-state index in [1.54, 1.807) is 13.2 Å². The number of methoxy groups -OCH3 is 1. The summed E-state index contributed by atoms with van der Waals surface area (Å²) in [5.74, 6) is -0.164. The number of unbranched alkanes of at least 4 members (excludes halogenated alkanes) is 4. The summed E-state index contributed by atoms with van der Waals surface area (Å²) in [5.41, 5.74) is 0.759. The third kappa shape index (κ3) is 7.74. The Bertz CT molecular complexity index is 870. The number of carboxylic acid groups (broad SMARTS) is 1. The highest BCUT2D eigenvalue weighted by Gasteiger charge is 2.40. The molecule has 182 valence electrons. The maximum absolute atomic E-state index is 12.9. The molecule has 1 heterocycles. The van der Waals surface area contributed by atoms with Gasteiger partial charge in [0, 0.05) is 0 Å². The van der Waals surface area contributed by atoms with Crippen LogP contribution in [0.5, 0.6) is 11.5 Å². The van der Waals surface area contributed by atoms with E-state index in [1.165, 1.54) is 30.6 Å². The summed E-state index contributed by atoms with van der Waals surface area (Å²) in [5, 5.41) is 9.53. The Morgan fingerprint density at radius 1 is 1.15 bits per heavy atom. The van der Waals surface area contributed by atoms with Crippen LogP contribution in [-0.4, -0.2) is 45.5 Å². The van der Waals surface area contributed by atoms with Gasteiger partial charge in [-0.2, -0.15) is 0 Å². The molecule has 1 aromatic rings. The molecule has 0 spiro atoms. The Kier molecular flexibility index (Phi) is 11.2. The summed E-state index contributed by atoms with van der Waals surface area (Å²) in [6, 6.07) is 4.58. The van der Waals surface area contributed by atoms with Crippen LogP contribution in [-0.2, 0) is 9.59 Å². The summed E-state index contributed by atoms with van der Waals surface area (Å²) < 4.78 is 11.9. The Balaban J connectivity index is 2.10. The Morgan fingerprint density at radius 3 is 2.52 bits per heavy atom. The molecule has 1 fully saturated rings. The molecule has 2 atom stereocenters. The molecule has 1 aliphatic rings. The van der Waals surface area contributed by atoms with Gasteiger partial charge in [-0.3, -0.25) is 9.69 Å². The topological polar surface area (TPSA) is 76.1 Å². The third-order valence-corrected chi connectivity index (χ3v) is 6.84. The smallest absolute Gasteiger partial charge is 0.326 e. The van der Waals surface area contributed by atoms with Crippen molar-refractivity contribution in [1.82, 2.24) is 4.90 Å². The first-order chi connectivity index (χ1) is 15.8. The molecule has 0 bridgehead atoms. The van der Waals surface area contributed by atoms with Gasteiger partial charge in [-0.05, 0) is 50.0 Å². The molecule has 33 heavy (non-hydrogen) atoms. The lowest BCUT2D eigenvalue weighted by Gasteiger charge is -2.22. The number of thioether (sulfide) groups is 1. The van der Waals surface area contributed by atoms with E-state index in [0.29, 0.717) is 29.2 Å². The minimum Gasteiger partial charge on any atom is -0.493 e. The number of hydrogen-bond donors (Lipinski definition) is 1. The molecule has 0 aromatic heterocycles. The van der Waals surface area contributed by atoms with Crippen molar-refractivity contribution in [3.8, 4) is 11.5 Å². The summed E-state index contributed by atoms with van der Waals surface area (Å²) in [4.78, 5) is 26.2. The fourth-order valence-corrected chi connectivity index (χ4v) is 5.08. The number of carboxylic acids is 1. The molecule has 8 heteroatoms. The predicted octanol–water partition coefficient (Wildman–Crippen LogP) is 6.28. The van der Waals surface area contributed by atoms with E-state index in [1.807, 2.05) is 25.1 Å². The minimum absolute atomic E-state index is 0.0779. The molecule has 0 radical (unpaired) electrons. The highest BCUT2D eigenvalue weighted by atomic mass is 32.2. The predicted molar refractivity (Wildman–Crippen MR) is 138 cm³/mol. The number of rotatable bonds is 14. The molecular formula is C25H35NO5S2. The number of hydrogen-bond acceptors (Lipinski definition) is 6. The standard InChI is InChI=1S/C25H35NO5S2/c1-5-7-8-9-10-12-17(3)31-20-14-13-18(15-21(20)30-4)16-22-23(27)26(25(32)33-22)19(11-6-2)24(28)29/h13-17,19H,5-12H2,1-4H3,(H,28,29)/b22-16+/t17-,19-/m0/s1. The quantitative estimate of drug-likeness (QED) is 0.186. The molecular weight excluding hydrogens is 458 g/mol. The second-order valence-corrected chi connectivity index (χ2v) is 9.91. The summed E-state index contributed by atoms with van der Waals surface area (Å²) in [7, 11) is 1.59. The number of thiocarbonyl (C=S) groups is 1. The molecule has 1 aliphatic heterocycles. The second-order valence-electron chi connectivity index (χ2n) is 8.24.